The molecule has 1 fully saturated rings. The van der Waals surface area contributed by atoms with E-state index in [4.69, 9.17) is 11.6 Å². The number of anilines is 2. The van der Waals surface area contributed by atoms with Crippen LogP contribution in [0.15, 0.2) is 67.0 Å². The van der Waals surface area contributed by atoms with Gasteiger partial charge in [0.25, 0.3) is 0 Å². The second kappa shape index (κ2) is 9.14. The zero-order valence-electron chi connectivity index (χ0n) is 17.4. The number of fused-ring (bicyclic) bond motifs is 1. The monoisotopic (exact) mass is 463 g/mol. The number of nitrogens with zero attached hydrogens (tertiary/aromatic N) is 4. The number of carbonyl (C=O) groups is 1. The predicted molar refractivity (Wildman–Crippen MR) is 132 cm³/mol. The van der Waals surface area contributed by atoms with Crippen LogP contribution in [0.1, 0.15) is 0 Å². The Kier molecular flexibility index (Phi) is 5.92. The van der Waals surface area contributed by atoms with Crippen molar-refractivity contribution in [2.24, 2.45) is 0 Å². The average molecular weight is 464 g/mol. The summed E-state index contributed by atoms with van der Waals surface area (Å²) in [5.41, 5.74) is 2.24. The number of nitrogens with one attached hydrogen (secondary N) is 1. The lowest BCUT2D eigenvalue weighted by atomic mass is 10.2. The van der Waals surface area contributed by atoms with Crippen LogP contribution in [-0.2, 0) is 4.79 Å². The molecular formula is C24H22ClN5OS. The van der Waals surface area contributed by atoms with Gasteiger partial charge in [0.15, 0.2) is 0 Å². The van der Waals surface area contributed by atoms with Gasteiger partial charge in [-0.1, -0.05) is 48.0 Å². The van der Waals surface area contributed by atoms with E-state index >= 15 is 0 Å². The molecule has 2 aromatic carbocycles. The number of aromatic nitrogens is 2. The molecule has 32 heavy (non-hydrogen) atoms. The lowest BCUT2D eigenvalue weighted by Gasteiger charge is -2.36. The molecule has 8 heteroatoms. The molecule has 6 nitrogen and oxygen atoms in total. The highest BCUT2D eigenvalue weighted by Crippen LogP contribution is 2.34. The van der Waals surface area contributed by atoms with Gasteiger partial charge in [0.2, 0.25) is 5.91 Å². The fourth-order valence-electron chi connectivity index (χ4n) is 3.90. The number of hydrogen-bond acceptors (Lipinski definition) is 6. The molecule has 3 heterocycles. The minimum atomic E-state index is 0.0704. The van der Waals surface area contributed by atoms with Gasteiger partial charge in [0, 0.05) is 41.8 Å². The Balaban J connectivity index is 1.22. The van der Waals surface area contributed by atoms with Crippen LogP contribution in [0.25, 0.3) is 20.7 Å². The molecule has 2 aromatic heterocycles. The third-order valence-electron chi connectivity index (χ3n) is 5.60. The Morgan fingerprint density at radius 3 is 2.59 bits per heavy atom. The van der Waals surface area contributed by atoms with Crippen LogP contribution in [0.5, 0.6) is 0 Å². The summed E-state index contributed by atoms with van der Waals surface area (Å²) in [7, 11) is 0. The Morgan fingerprint density at radius 2 is 1.81 bits per heavy atom. The quantitative estimate of drug-likeness (QED) is 0.462. The Hall–Kier alpha value is -3.16. The van der Waals surface area contributed by atoms with Crippen LogP contribution >= 0.6 is 22.9 Å². The van der Waals surface area contributed by atoms with Gasteiger partial charge in [-0.05, 0) is 29.8 Å². The minimum Gasteiger partial charge on any atom is -0.368 e. The van der Waals surface area contributed by atoms with Crippen LogP contribution in [0.4, 0.5) is 11.5 Å². The first-order valence-corrected chi connectivity index (χ1v) is 11.7. The van der Waals surface area contributed by atoms with Crippen LogP contribution in [0, 0.1) is 0 Å². The highest BCUT2D eigenvalue weighted by Gasteiger charge is 2.21. The highest BCUT2D eigenvalue weighted by atomic mass is 35.5. The van der Waals surface area contributed by atoms with E-state index in [-0.39, 0.29) is 12.5 Å². The molecule has 1 N–H and O–H groups in total. The standard InChI is InChI=1S/C24H22ClN5OS/c25-18-7-4-8-19(13-18)29-9-11-30(12-10-29)22(31)15-26-23-20-14-21(17-5-2-1-3-6-17)32-24(20)28-16-27-23/h1-8,13-14,16H,9-12,15H2,(H,26,27,28). The zero-order chi connectivity index (χ0) is 21.9. The second-order valence-corrected chi connectivity index (χ2v) is 9.09. The topological polar surface area (TPSA) is 61.4 Å². The molecule has 0 spiro atoms. The maximum Gasteiger partial charge on any atom is 0.242 e. The largest absolute Gasteiger partial charge is 0.368 e. The number of benzene rings is 2. The van der Waals surface area contributed by atoms with Crippen LogP contribution in [-0.4, -0.2) is 53.5 Å². The number of hydrogen-bond donors (Lipinski definition) is 1. The molecule has 162 valence electrons. The van der Waals surface area contributed by atoms with Crippen molar-refractivity contribution in [3.8, 4) is 10.4 Å². The maximum absolute atomic E-state index is 12.8. The van der Waals surface area contributed by atoms with E-state index in [0.29, 0.717) is 18.9 Å². The summed E-state index contributed by atoms with van der Waals surface area (Å²) in [4.78, 5) is 27.8. The summed E-state index contributed by atoms with van der Waals surface area (Å²) in [5, 5.41) is 4.90. The van der Waals surface area contributed by atoms with Crippen molar-refractivity contribution < 1.29 is 4.79 Å². The predicted octanol–water partition coefficient (Wildman–Crippen LogP) is 4.77. The third-order valence-corrected chi connectivity index (χ3v) is 6.93. The number of thiophene rings is 1. The van der Waals surface area contributed by atoms with Crippen LogP contribution in [0.2, 0.25) is 5.02 Å². The van der Waals surface area contributed by atoms with Gasteiger partial charge in [-0.25, -0.2) is 9.97 Å². The summed E-state index contributed by atoms with van der Waals surface area (Å²) in [6, 6.07) is 20.1. The van der Waals surface area contributed by atoms with Crippen molar-refractivity contribution in [1.29, 1.82) is 0 Å². The van der Waals surface area contributed by atoms with Crippen molar-refractivity contribution in [3.63, 3.8) is 0 Å². The number of carbonyl (C=O) groups excluding carboxylic acids is 1. The highest BCUT2D eigenvalue weighted by molar-refractivity contribution is 7.21. The number of rotatable bonds is 5. The van der Waals surface area contributed by atoms with Gasteiger partial charge in [0.05, 0.1) is 11.9 Å². The SMILES string of the molecule is O=C(CNc1ncnc2sc(-c3ccccc3)cc12)N1CCN(c2cccc(Cl)c2)CC1. The average Bonchev–Trinajstić information content (AvgIpc) is 3.28. The molecule has 1 aliphatic heterocycles. The summed E-state index contributed by atoms with van der Waals surface area (Å²) >= 11 is 7.74. The van der Waals surface area contributed by atoms with Crippen molar-refractivity contribution in [2.75, 3.05) is 42.9 Å². The zero-order valence-corrected chi connectivity index (χ0v) is 18.9. The van der Waals surface area contributed by atoms with Crippen molar-refractivity contribution in [2.45, 2.75) is 0 Å². The summed E-state index contributed by atoms with van der Waals surface area (Å²) < 4.78 is 0. The lowest BCUT2D eigenvalue weighted by Crippen LogP contribution is -2.50. The van der Waals surface area contributed by atoms with E-state index in [9.17, 15) is 4.79 Å². The molecular weight excluding hydrogens is 442 g/mol. The number of amides is 1. The van der Waals surface area contributed by atoms with Gasteiger partial charge in [-0.3, -0.25) is 4.79 Å². The van der Waals surface area contributed by atoms with Gasteiger partial charge < -0.3 is 15.1 Å². The van der Waals surface area contributed by atoms with Gasteiger partial charge in [0.1, 0.15) is 17.0 Å². The number of halogens is 1. The molecule has 4 aromatic rings. The summed E-state index contributed by atoms with van der Waals surface area (Å²) in [6.45, 7) is 3.15. The molecule has 0 radical (unpaired) electrons. The Labute approximate surface area is 195 Å². The number of piperazine rings is 1. The second-order valence-electron chi connectivity index (χ2n) is 7.62. The van der Waals surface area contributed by atoms with Crippen LogP contribution in [0.3, 0.4) is 0 Å². The Morgan fingerprint density at radius 1 is 1.00 bits per heavy atom. The van der Waals surface area contributed by atoms with Gasteiger partial charge in [-0.15, -0.1) is 11.3 Å². The first-order chi connectivity index (χ1) is 15.7. The van der Waals surface area contributed by atoms with Gasteiger partial charge >= 0.3 is 0 Å². The molecule has 0 bridgehead atoms. The van der Waals surface area contributed by atoms with E-state index < -0.39 is 0 Å². The molecule has 0 aliphatic carbocycles. The van der Waals surface area contributed by atoms with E-state index in [1.807, 2.05) is 41.3 Å². The summed E-state index contributed by atoms with van der Waals surface area (Å²) in [5.74, 6) is 0.764. The maximum atomic E-state index is 12.8. The molecule has 0 atom stereocenters. The fourth-order valence-corrected chi connectivity index (χ4v) is 5.09. The van der Waals surface area contributed by atoms with E-state index in [2.05, 4.69) is 44.5 Å². The molecule has 1 aliphatic rings. The van der Waals surface area contributed by atoms with Crippen LogP contribution < -0.4 is 10.2 Å². The fraction of sp³-hybridized carbons (Fsp3) is 0.208. The lowest BCUT2D eigenvalue weighted by molar-refractivity contribution is -0.129. The normalized spacial score (nSPS) is 14.0. The van der Waals surface area contributed by atoms with Crippen molar-refractivity contribution >= 4 is 50.6 Å². The molecule has 0 unspecified atom stereocenters. The Bertz CT molecular complexity index is 1240. The molecule has 0 saturated carbocycles. The smallest absolute Gasteiger partial charge is 0.242 e. The molecule has 1 saturated heterocycles. The first kappa shape index (κ1) is 20.7. The minimum absolute atomic E-state index is 0.0704. The van der Waals surface area contributed by atoms with E-state index in [0.717, 1.165) is 44.5 Å². The van der Waals surface area contributed by atoms with Crippen molar-refractivity contribution in [3.05, 3.63) is 72.0 Å². The van der Waals surface area contributed by atoms with Gasteiger partial charge in [-0.2, -0.15) is 0 Å². The van der Waals surface area contributed by atoms with Crippen molar-refractivity contribution in [1.82, 2.24) is 14.9 Å². The van der Waals surface area contributed by atoms with E-state index in [1.54, 1.807) is 17.7 Å². The molecule has 1 amide bonds. The molecule has 5 rings (SSSR count). The first-order valence-electron chi connectivity index (χ1n) is 10.5. The summed E-state index contributed by atoms with van der Waals surface area (Å²) in [6.07, 6.45) is 1.55. The van der Waals surface area contributed by atoms with E-state index in [1.165, 1.54) is 0 Å². The third kappa shape index (κ3) is 4.40.